The molecule has 0 saturated heterocycles. The van der Waals surface area contributed by atoms with E-state index in [0.717, 1.165) is 0 Å². The highest BCUT2D eigenvalue weighted by Crippen LogP contribution is 2.15. The van der Waals surface area contributed by atoms with E-state index in [-0.39, 0.29) is 11.9 Å². The number of rotatable bonds is 4. The molecule has 0 fully saturated rings. The molecule has 2 N–H and O–H groups in total. The molecule has 5 nitrogen and oxygen atoms in total. The Labute approximate surface area is 85.0 Å². The molecule has 1 rings (SSSR count). The number of nitrogens with one attached hydrogen (secondary N) is 1. The van der Waals surface area contributed by atoms with Crippen LogP contribution in [0, 0.1) is 0 Å². The molecule has 0 unspecified atom stereocenters. The van der Waals surface area contributed by atoms with Crippen LogP contribution in [0.25, 0.3) is 0 Å². The number of hydrogen-bond acceptors (Lipinski definition) is 6. The number of aliphatic hydroxyl groups excluding tert-OH is 1. The minimum absolute atomic E-state index is 0.0862. The van der Waals surface area contributed by atoms with Gasteiger partial charge < -0.3 is 10.4 Å². The number of anilines is 1. The van der Waals surface area contributed by atoms with E-state index in [1.165, 1.54) is 11.8 Å². The zero-order valence-corrected chi connectivity index (χ0v) is 8.56. The maximum absolute atomic E-state index is 8.58. The third-order valence-corrected chi connectivity index (χ3v) is 2.13. The van der Waals surface area contributed by atoms with Crippen molar-refractivity contribution >= 4 is 29.3 Å². The summed E-state index contributed by atoms with van der Waals surface area (Å²) in [5, 5.41) is 12.0. The van der Waals surface area contributed by atoms with E-state index < -0.39 is 0 Å². The van der Waals surface area contributed by atoms with Crippen molar-refractivity contribution < 1.29 is 5.11 Å². The molecule has 72 valence electrons. The van der Waals surface area contributed by atoms with Crippen molar-refractivity contribution in [3.63, 3.8) is 0 Å². The summed E-state index contributed by atoms with van der Waals surface area (Å²) in [6.45, 7) is 0.0862. The largest absolute Gasteiger partial charge is 0.396 e. The molecule has 0 aromatic carbocycles. The Morgan fingerprint density at radius 3 is 2.85 bits per heavy atom. The van der Waals surface area contributed by atoms with Crippen LogP contribution in [0.1, 0.15) is 0 Å². The Morgan fingerprint density at radius 2 is 2.23 bits per heavy atom. The monoisotopic (exact) mass is 220 g/mol. The molecule has 0 bridgehead atoms. The van der Waals surface area contributed by atoms with Crippen molar-refractivity contribution in [2.24, 2.45) is 0 Å². The minimum atomic E-state index is 0.0862. The first-order chi connectivity index (χ1) is 6.26. The van der Waals surface area contributed by atoms with Crippen molar-refractivity contribution in [3.8, 4) is 0 Å². The highest BCUT2D eigenvalue weighted by molar-refractivity contribution is 7.99. The summed E-state index contributed by atoms with van der Waals surface area (Å²) in [6.07, 6.45) is 0. The third-order valence-electron chi connectivity index (χ3n) is 1.13. The Balaban J connectivity index is 2.76. The molecule has 1 heterocycles. The van der Waals surface area contributed by atoms with Gasteiger partial charge in [0.15, 0.2) is 5.16 Å². The van der Waals surface area contributed by atoms with Gasteiger partial charge >= 0.3 is 0 Å². The van der Waals surface area contributed by atoms with Gasteiger partial charge in [-0.1, -0.05) is 11.8 Å². The molecule has 1 aromatic heterocycles. The zero-order chi connectivity index (χ0) is 9.68. The second-order valence-corrected chi connectivity index (χ2v) is 3.43. The molecule has 7 heteroatoms. The summed E-state index contributed by atoms with van der Waals surface area (Å²) in [5.74, 6) is 0.976. The van der Waals surface area contributed by atoms with Gasteiger partial charge in [0.05, 0.1) is 6.61 Å². The number of thioether (sulfide) groups is 1. The molecular weight excluding hydrogens is 212 g/mol. The SMILES string of the molecule is CNc1nc(Cl)nc(SCCO)n1. The smallest absolute Gasteiger partial charge is 0.228 e. The fourth-order valence-corrected chi connectivity index (χ4v) is 1.43. The van der Waals surface area contributed by atoms with E-state index in [1.807, 2.05) is 0 Å². The van der Waals surface area contributed by atoms with Crippen molar-refractivity contribution in [2.75, 3.05) is 24.7 Å². The number of aromatic nitrogens is 3. The molecule has 13 heavy (non-hydrogen) atoms. The van der Waals surface area contributed by atoms with Crippen LogP contribution in [0.5, 0.6) is 0 Å². The topological polar surface area (TPSA) is 70.9 Å². The van der Waals surface area contributed by atoms with Crippen LogP contribution < -0.4 is 5.32 Å². The third kappa shape index (κ3) is 3.33. The lowest BCUT2D eigenvalue weighted by molar-refractivity contribution is 0.322. The highest BCUT2D eigenvalue weighted by Gasteiger charge is 2.03. The van der Waals surface area contributed by atoms with Gasteiger partial charge in [0.25, 0.3) is 0 Å². The quantitative estimate of drug-likeness (QED) is 0.727. The van der Waals surface area contributed by atoms with Gasteiger partial charge in [0, 0.05) is 12.8 Å². The fraction of sp³-hybridized carbons (Fsp3) is 0.500. The van der Waals surface area contributed by atoms with E-state index in [1.54, 1.807) is 7.05 Å². The van der Waals surface area contributed by atoms with Gasteiger partial charge in [-0.15, -0.1) is 0 Å². The van der Waals surface area contributed by atoms with Gasteiger partial charge in [-0.2, -0.15) is 15.0 Å². The summed E-state index contributed by atoms with van der Waals surface area (Å²) in [4.78, 5) is 11.7. The first-order valence-electron chi connectivity index (χ1n) is 3.59. The Kier molecular flexibility index (Phi) is 4.20. The Hall–Kier alpha value is -0.590. The maximum atomic E-state index is 8.58. The van der Waals surface area contributed by atoms with E-state index in [0.29, 0.717) is 16.9 Å². The number of nitrogens with zero attached hydrogens (tertiary/aromatic N) is 3. The molecule has 0 saturated carbocycles. The number of aliphatic hydroxyl groups is 1. The number of halogens is 1. The lowest BCUT2D eigenvalue weighted by atomic mass is 10.9. The summed E-state index contributed by atoms with van der Waals surface area (Å²) in [7, 11) is 1.70. The van der Waals surface area contributed by atoms with Gasteiger partial charge in [-0.25, -0.2) is 0 Å². The normalized spacial score (nSPS) is 10.1. The minimum Gasteiger partial charge on any atom is -0.396 e. The summed E-state index contributed by atoms with van der Waals surface area (Å²) < 4.78 is 0. The summed E-state index contributed by atoms with van der Waals surface area (Å²) in [5.41, 5.74) is 0. The van der Waals surface area contributed by atoms with Crippen LogP contribution in [0.4, 0.5) is 5.95 Å². The van der Waals surface area contributed by atoms with Crippen LogP contribution in [0.3, 0.4) is 0 Å². The van der Waals surface area contributed by atoms with Crippen molar-refractivity contribution in [3.05, 3.63) is 5.28 Å². The second kappa shape index (κ2) is 5.21. The Morgan fingerprint density at radius 1 is 1.46 bits per heavy atom. The standard InChI is InChI=1S/C6H9ClN4OS/c1-8-5-9-4(7)10-6(11-5)13-3-2-12/h12H,2-3H2,1H3,(H,8,9,10,11). The Bertz CT molecular complexity index is 285. The van der Waals surface area contributed by atoms with Crippen molar-refractivity contribution in [2.45, 2.75) is 5.16 Å². The summed E-state index contributed by atoms with van der Waals surface area (Å²) >= 11 is 6.96. The number of hydrogen-bond donors (Lipinski definition) is 2. The molecule has 0 radical (unpaired) electrons. The van der Waals surface area contributed by atoms with Gasteiger partial charge in [0.2, 0.25) is 11.2 Å². The lowest BCUT2D eigenvalue weighted by Crippen LogP contribution is -2.00. The van der Waals surface area contributed by atoms with Crippen molar-refractivity contribution in [1.29, 1.82) is 0 Å². The van der Waals surface area contributed by atoms with Gasteiger partial charge in [-0.05, 0) is 11.6 Å². The van der Waals surface area contributed by atoms with E-state index in [4.69, 9.17) is 16.7 Å². The second-order valence-electron chi connectivity index (χ2n) is 2.03. The molecule has 0 atom stereocenters. The van der Waals surface area contributed by atoms with Crippen LogP contribution in [0.15, 0.2) is 5.16 Å². The first-order valence-corrected chi connectivity index (χ1v) is 4.95. The average Bonchev–Trinajstić information content (AvgIpc) is 2.14. The molecular formula is C6H9ClN4OS. The van der Waals surface area contributed by atoms with E-state index >= 15 is 0 Å². The first kappa shape index (κ1) is 10.5. The maximum Gasteiger partial charge on any atom is 0.228 e. The lowest BCUT2D eigenvalue weighted by Gasteiger charge is -2.01. The van der Waals surface area contributed by atoms with Crippen LogP contribution in [-0.4, -0.2) is 39.5 Å². The molecule has 0 aliphatic heterocycles. The molecule has 0 aliphatic carbocycles. The molecule has 0 spiro atoms. The van der Waals surface area contributed by atoms with Crippen LogP contribution in [-0.2, 0) is 0 Å². The van der Waals surface area contributed by atoms with Crippen LogP contribution in [0.2, 0.25) is 5.28 Å². The van der Waals surface area contributed by atoms with Gasteiger partial charge in [0.1, 0.15) is 0 Å². The van der Waals surface area contributed by atoms with Crippen LogP contribution >= 0.6 is 23.4 Å². The van der Waals surface area contributed by atoms with E-state index in [9.17, 15) is 0 Å². The predicted octanol–water partition coefficient (Wildman–Crippen LogP) is 0.651. The van der Waals surface area contributed by atoms with E-state index in [2.05, 4.69) is 20.3 Å². The summed E-state index contributed by atoms with van der Waals surface area (Å²) in [6, 6.07) is 0. The molecule has 1 aromatic rings. The van der Waals surface area contributed by atoms with Crippen molar-refractivity contribution in [1.82, 2.24) is 15.0 Å². The zero-order valence-electron chi connectivity index (χ0n) is 6.99. The predicted molar refractivity (Wildman–Crippen MR) is 52.2 cm³/mol. The molecule has 0 amide bonds. The average molecular weight is 221 g/mol. The highest BCUT2D eigenvalue weighted by atomic mass is 35.5. The van der Waals surface area contributed by atoms with Gasteiger partial charge in [-0.3, -0.25) is 0 Å². The molecule has 0 aliphatic rings. The fourth-order valence-electron chi connectivity index (χ4n) is 0.645.